The summed E-state index contributed by atoms with van der Waals surface area (Å²) >= 11 is 0. The van der Waals surface area contributed by atoms with Crippen molar-refractivity contribution in [3.8, 4) is 28.7 Å². The Hall–Kier alpha value is -3.55. The molecule has 1 aliphatic rings. The lowest BCUT2D eigenvalue weighted by atomic mass is 10.0. The molecular formula is C18H14O8. The van der Waals surface area contributed by atoms with Crippen LogP contribution in [-0.2, 0) is 4.74 Å². The molecule has 0 fully saturated rings. The number of carbonyl (C=O) groups excluding carboxylic acids is 3. The molecule has 0 aliphatic carbocycles. The molecule has 8 nitrogen and oxygen atoms in total. The molecular weight excluding hydrogens is 344 g/mol. The zero-order chi connectivity index (χ0) is 19.2. The Labute approximate surface area is 147 Å². The minimum Gasteiger partial charge on any atom is -0.508 e. The van der Waals surface area contributed by atoms with Crippen LogP contribution in [-0.4, -0.2) is 35.5 Å². The molecule has 0 bridgehead atoms. The van der Waals surface area contributed by atoms with E-state index in [0.29, 0.717) is 11.8 Å². The van der Waals surface area contributed by atoms with Crippen molar-refractivity contribution < 1.29 is 38.8 Å². The molecule has 2 aromatic rings. The smallest absolute Gasteiger partial charge is 0.347 e. The second kappa shape index (κ2) is 6.07. The summed E-state index contributed by atoms with van der Waals surface area (Å²) in [7, 11) is 1.13. The summed E-state index contributed by atoms with van der Waals surface area (Å²) in [6, 6.07) is 2.34. The Balaban J connectivity index is 2.39. The van der Waals surface area contributed by atoms with Gasteiger partial charge < -0.3 is 24.4 Å². The van der Waals surface area contributed by atoms with Crippen molar-refractivity contribution in [2.75, 3.05) is 7.11 Å². The maximum atomic E-state index is 12.6. The first-order valence-electron chi connectivity index (χ1n) is 7.46. The lowest BCUT2D eigenvalue weighted by Gasteiger charge is -2.15. The van der Waals surface area contributed by atoms with Crippen LogP contribution in [0.25, 0.3) is 0 Å². The van der Waals surface area contributed by atoms with Gasteiger partial charge in [0.15, 0.2) is 23.5 Å². The van der Waals surface area contributed by atoms with Gasteiger partial charge in [-0.25, -0.2) is 9.59 Å². The number of aromatic hydroxyl groups is 2. The quantitative estimate of drug-likeness (QED) is 0.478. The number of fused-ring (bicyclic) bond motifs is 2. The number of aryl methyl sites for hydroxylation is 1. The highest BCUT2D eigenvalue weighted by atomic mass is 16.6. The van der Waals surface area contributed by atoms with E-state index in [4.69, 9.17) is 9.47 Å². The summed E-state index contributed by atoms with van der Waals surface area (Å²) in [5, 5.41) is 20.0. The van der Waals surface area contributed by atoms with Gasteiger partial charge in [0.25, 0.3) is 0 Å². The molecule has 2 N–H and O–H groups in total. The fraction of sp³-hybridized carbons (Fsp3) is 0.167. The molecule has 1 aliphatic heterocycles. The van der Waals surface area contributed by atoms with Crippen LogP contribution in [0.5, 0.6) is 28.7 Å². The van der Waals surface area contributed by atoms with Gasteiger partial charge in [-0.15, -0.1) is 0 Å². The van der Waals surface area contributed by atoms with Gasteiger partial charge in [-0.1, -0.05) is 0 Å². The summed E-state index contributed by atoms with van der Waals surface area (Å²) in [5.74, 6) is -3.01. The third-order valence-corrected chi connectivity index (χ3v) is 4.08. The maximum Gasteiger partial charge on any atom is 0.347 e. The number of esters is 2. The Bertz CT molecular complexity index is 974. The number of aldehydes is 1. The van der Waals surface area contributed by atoms with E-state index in [0.717, 1.165) is 13.2 Å². The van der Waals surface area contributed by atoms with Crippen LogP contribution in [0, 0.1) is 13.8 Å². The van der Waals surface area contributed by atoms with Crippen LogP contribution in [0.2, 0.25) is 0 Å². The molecule has 26 heavy (non-hydrogen) atoms. The normalized spacial score (nSPS) is 12.2. The summed E-state index contributed by atoms with van der Waals surface area (Å²) in [5.41, 5.74) is -0.0809. The highest BCUT2D eigenvalue weighted by molar-refractivity contribution is 6.03. The molecule has 0 saturated carbocycles. The Morgan fingerprint density at radius 3 is 2.38 bits per heavy atom. The maximum absolute atomic E-state index is 12.6. The van der Waals surface area contributed by atoms with E-state index in [-0.39, 0.29) is 51.0 Å². The topological polar surface area (TPSA) is 119 Å². The largest absolute Gasteiger partial charge is 0.508 e. The Morgan fingerprint density at radius 1 is 1.08 bits per heavy atom. The number of hydrogen-bond acceptors (Lipinski definition) is 8. The summed E-state index contributed by atoms with van der Waals surface area (Å²) in [6.07, 6.45) is 0.330. The summed E-state index contributed by atoms with van der Waals surface area (Å²) in [6.45, 7) is 2.99. The second-order valence-electron chi connectivity index (χ2n) is 5.66. The van der Waals surface area contributed by atoms with E-state index in [1.54, 1.807) is 0 Å². The van der Waals surface area contributed by atoms with Crippen LogP contribution < -0.4 is 9.47 Å². The first-order chi connectivity index (χ1) is 12.3. The third kappa shape index (κ3) is 2.43. The highest BCUT2D eigenvalue weighted by Gasteiger charge is 2.34. The van der Waals surface area contributed by atoms with E-state index in [1.165, 1.54) is 19.9 Å². The van der Waals surface area contributed by atoms with Crippen LogP contribution in [0.3, 0.4) is 0 Å². The van der Waals surface area contributed by atoms with Crippen LogP contribution >= 0.6 is 0 Å². The number of hydrogen-bond donors (Lipinski definition) is 2. The van der Waals surface area contributed by atoms with Gasteiger partial charge in [-0.05, 0) is 31.5 Å². The van der Waals surface area contributed by atoms with Gasteiger partial charge >= 0.3 is 11.9 Å². The molecule has 3 rings (SSSR count). The van der Waals surface area contributed by atoms with Crippen molar-refractivity contribution in [2.45, 2.75) is 13.8 Å². The van der Waals surface area contributed by atoms with Gasteiger partial charge in [0, 0.05) is 5.56 Å². The van der Waals surface area contributed by atoms with Crippen molar-refractivity contribution in [2.24, 2.45) is 0 Å². The number of benzene rings is 2. The van der Waals surface area contributed by atoms with E-state index < -0.39 is 11.9 Å². The first-order valence-corrected chi connectivity index (χ1v) is 7.46. The number of methoxy groups -OCH3 is 1. The van der Waals surface area contributed by atoms with E-state index in [1.807, 2.05) is 0 Å². The average Bonchev–Trinajstić information content (AvgIpc) is 2.74. The van der Waals surface area contributed by atoms with Gasteiger partial charge in [-0.3, -0.25) is 4.79 Å². The van der Waals surface area contributed by atoms with Crippen LogP contribution in [0.15, 0.2) is 12.1 Å². The van der Waals surface area contributed by atoms with Crippen molar-refractivity contribution in [1.29, 1.82) is 0 Å². The standard InChI is InChI=1S/C18H14O8/c1-7-4-12(21)10(6-19)15-13(7)18(23)26-14-8(2)11(20)5-9(16(14)25-15)17(22)24-3/h4-6,20-21H,1-3H3. The van der Waals surface area contributed by atoms with Gasteiger partial charge in [0.05, 0.1) is 12.7 Å². The van der Waals surface area contributed by atoms with Gasteiger partial charge in [0.2, 0.25) is 0 Å². The van der Waals surface area contributed by atoms with E-state index >= 15 is 0 Å². The zero-order valence-corrected chi connectivity index (χ0v) is 14.1. The van der Waals surface area contributed by atoms with Crippen molar-refractivity contribution >= 4 is 18.2 Å². The molecule has 2 aromatic carbocycles. The fourth-order valence-electron chi connectivity index (χ4n) is 2.71. The monoisotopic (exact) mass is 358 g/mol. The zero-order valence-electron chi connectivity index (χ0n) is 14.1. The molecule has 0 atom stereocenters. The molecule has 0 spiro atoms. The predicted molar refractivity (Wildman–Crippen MR) is 87.4 cm³/mol. The fourth-order valence-corrected chi connectivity index (χ4v) is 2.71. The molecule has 0 unspecified atom stereocenters. The second-order valence-corrected chi connectivity index (χ2v) is 5.66. The molecule has 0 aromatic heterocycles. The first kappa shape index (κ1) is 17.3. The highest BCUT2D eigenvalue weighted by Crippen LogP contribution is 2.48. The molecule has 1 heterocycles. The molecule has 0 radical (unpaired) electrons. The van der Waals surface area contributed by atoms with Gasteiger partial charge in [-0.2, -0.15) is 0 Å². The minimum atomic E-state index is -0.858. The molecule has 134 valence electrons. The van der Waals surface area contributed by atoms with Crippen molar-refractivity contribution in [1.82, 2.24) is 0 Å². The Kier molecular flexibility index (Phi) is 4.03. The van der Waals surface area contributed by atoms with E-state index in [2.05, 4.69) is 4.74 Å². The SMILES string of the molecule is COC(=O)c1cc(O)c(C)c2c1Oc1c(C=O)c(O)cc(C)c1C(=O)O2. The lowest BCUT2D eigenvalue weighted by Crippen LogP contribution is -2.11. The van der Waals surface area contributed by atoms with Gasteiger partial charge in [0.1, 0.15) is 22.6 Å². The molecule has 0 saturated heterocycles. The van der Waals surface area contributed by atoms with E-state index in [9.17, 15) is 24.6 Å². The number of ether oxygens (including phenoxy) is 3. The van der Waals surface area contributed by atoms with Crippen molar-refractivity contribution in [3.63, 3.8) is 0 Å². The number of phenolic OH excluding ortho intramolecular Hbond substituents is 2. The summed E-state index contributed by atoms with van der Waals surface area (Å²) in [4.78, 5) is 36.1. The molecule has 0 amide bonds. The Morgan fingerprint density at radius 2 is 1.77 bits per heavy atom. The predicted octanol–water partition coefficient (Wildman–Crippen LogP) is 2.64. The number of rotatable bonds is 2. The number of carbonyl (C=O) groups is 3. The van der Waals surface area contributed by atoms with Crippen LogP contribution in [0.4, 0.5) is 0 Å². The van der Waals surface area contributed by atoms with Crippen molar-refractivity contribution in [3.05, 3.63) is 39.9 Å². The third-order valence-electron chi connectivity index (χ3n) is 4.08. The molecule has 8 heteroatoms. The summed E-state index contributed by atoms with van der Waals surface area (Å²) < 4.78 is 15.7. The van der Waals surface area contributed by atoms with Crippen LogP contribution in [0.1, 0.15) is 42.2 Å². The lowest BCUT2D eigenvalue weighted by molar-refractivity contribution is 0.0594. The number of phenols is 2. The minimum absolute atomic E-state index is 0.0733. The average molecular weight is 358 g/mol.